The van der Waals surface area contributed by atoms with E-state index in [2.05, 4.69) is 20.9 Å². The Labute approximate surface area is 107 Å². The van der Waals surface area contributed by atoms with Gasteiger partial charge in [0.1, 0.15) is 5.15 Å². The number of amides is 1. The highest BCUT2D eigenvalue weighted by Gasteiger charge is 2.31. The predicted octanol–water partition coefficient (Wildman–Crippen LogP) is 2.07. The molecule has 1 amide bonds. The van der Waals surface area contributed by atoms with Crippen molar-refractivity contribution in [2.75, 3.05) is 22.5 Å². The van der Waals surface area contributed by atoms with Gasteiger partial charge in [0.2, 0.25) is 5.91 Å². The molecule has 0 spiro atoms. The summed E-state index contributed by atoms with van der Waals surface area (Å²) >= 11 is 9.18. The molecule has 2 N–H and O–H groups in total. The molecule has 1 fully saturated rings. The van der Waals surface area contributed by atoms with Crippen LogP contribution in [0.5, 0.6) is 0 Å². The van der Waals surface area contributed by atoms with Crippen LogP contribution in [0.4, 0.5) is 11.5 Å². The highest BCUT2D eigenvalue weighted by atomic mass is 79.9. The van der Waals surface area contributed by atoms with Crippen molar-refractivity contribution in [3.8, 4) is 0 Å². The first-order valence-corrected chi connectivity index (χ1v) is 6.40. The van der Waals surface area contributed by atoms with Gasteiger partial charge in [-0.3, -0.25) is 9.69 Å². The summed E-state index contributed by atoms with van der Waals surface area (Å²) in [4.78, 5) is 17.5. The number of carbonyl (C=O) groups is 1. The molecule has 1 atom stereocenters. The molecule has 0 bridgehead atoms. The molecule has 1 aromatic rings. The normalized spacial score (nSPS) is 20.5. The molecule has 16 heavy (non-hydrogen) atoms. The van der Waals surface area contributed by atoms with Crippen molar-refractivity contribution in [2.24, 2.45) is 5.92 Å². The van der Waals surface area contributed by atoms with Crippen molar-refractivity contribution >= 4 is 44.9 Å². The molecule has 86 valence electrons. The molecular weight excluding hydrogens is 293 g/mol. The van der Waals surface area contributed by atoms with E-state index in [9.17, 15) is 4.79 Å². The van der Waals surface area contributed by atoms with Crippen molar-refractivity contribution in [3.63, 3.8) is 0 Å². The van der Waals surface area contributed by atoms with E-state index in [1.165, 1.54) is 0 Å². The van der Waals surface area contributed by atoms with Gasteiger partial charge in [0.25, 0.3) is 0 Å². The Balaban J connectivity index is 2.30. The van der Waals surface area contributed by atoms with Crippen molar-refractivity contribution in [3.05, 3.63) is 17.3 Å². The maximum Gasteiger partial charge on any atom is 0.228 e. The van der Waals surface area contributed by atoms with Gasteiger partial charge < -0.3 is 5.73 Å². The van der Waals surface area contributed by atoms with Gasteiger partial charge in [-0.05, 0) is 18.1 Å². The van der Waals surface area contributed by atoms with Crippen LogP contribution in [-0.4, -0.2) is 22.8 Å². The second kappa shape index (κ2) is 4.59. The lowest BCUT2D eigenvalue weighted by Crippen LogP contribution is -2.26. The third-order valence-electron chi connectivity index (χ3n) is 2.55. The standard InChI is InChI=1S/C10H11BrClN3O/c11-4-6-3-9(16)15(5-6)10-7(13)1-2-8(12)14-10/h1-2,6H,3-5,13H2. The number of hydrogen-bond acceptors (Lipinski definition) is 3. The van der Waals surface area contributed by atoms with Crippen LogP contribution in [0.25, 0.3) is 0 Å². The van der Waals surface area contributed by atoms with Gasteiger partial charge in [0.15, 0.2) is 5.82 Å². The van der Waals surface area contributed by atoms with Crippen molar-refractivity contribution < 1.29 is 4.79 Å². The Kier molecular flexibility index (Phi) is 3.35. The lowest BCUT2D eigenvalue weighted by molar-refractivity contribution is -0.117. The van der Waals surface area contributed by atoms with E-state index in [1.54, 1.807) is 17.0 Å². The highest BCUT2D eigenvalue weighted by Crippen LogP contribution is 2.29. The molecule has 0 saturated carbocycles. The van der Waals surface area contributed by atoms with Crippen LogP contribution >= 0.6 is 27.5 Å². The number of halogens is 2. The summed E-state index contributed by atoms with van der Waals surface area (Å²) in [6.07, 6.45) is 0.527. The molecule has 6 heteroatoms. The van der Waals surface area contributed by atoms with E-state index in [4.69, 9.17) is 17.3 Å². The Morgan fingerprint density at radius 3 is 3.00 bits per heavy atom. The minimum Gasteiger partial charge on any atom is -0.396 e. The molecule has 4 nitrogen and oxygen atoms in total. The third-order valence-corrected chi connectivity index (χ3v) is 3.68. The lowest BCUT2D eigenvalue weighted by Gasteiger charge is -2.17. The van der Waals surface area contributed by atoms with E-state index in [0.717, 1.165) is 5.33 Å². The van der Waals surface area contributed by atoms with Gasteiger partial charge in [0, 0.05) is 18.3 Å². The summed E-state index contributed by atoms with van der Waals surface area (Å²) in [6, 6.07) is 3.28. The summed E-state index contributed by atoms with van der Waals surface area (Å²) < 4.78 is 0. The first-order chi connectivity index (χ1) is 7.61. The molecular formula is C10H11BrClN3O. The first-order valence-electron chi connectivity index (χ1n) is 4.90. The fourth-order valence-electron chi connectivity index (χ4n) is 1.74. The number of aromatic nitrogens is 1. The Bertz CT molecular complexity index is 427. The average molecular weight is 305 g/mol. The zero-order chi connectivity index (χ0) is 11.7. The number of anilines is 2. The number of rotatable bonds is 2. The van der Waals surface area contributed by atoms with Gasteiger partial charge in [-0.25, -0.2) is 4.98 Å². The largest absolute Gasteiger partial charge is 0.396 e. The maximum atomic E-state index is 11.8. The van der Waals surface area contributed by atoms with Crippen LogP contribution in [-0.2, 0) is 4.79 Å². The van der Waals surface area contributed by atoms with E-state index in [-0.39, 0.29) is 5.91 Å². The van der Waals surface area contributed by atoms with Crippen LogP contribution in [0.1, 0.15) is 6.42 Å². The van der Waals surface area contributed by atoms with Gasteiger partial charge >= 0.3 is 0 Å². The zero-order valence-corrected chi connectivity index (χ0v) is 10.8. The quantitative estimate of drug-likeness (QED) is 0.672. The smallest absolute Gasteiger partial charge is 0.228 e. The summed E-state index contributed by atoms with van der Waals surface area (Å²) in [7, 11) is 0. The molecule has 0 aliphatic carbocycles. The second-order valence-electron chi connectivity index (χ2n) is 3.78. The van der Waals surface area contributed by atoms with Gasteiger partial charge in [0.05, 0.1) is 5.69 Å². The maximum absolute atomic E-state index is 11.8. The van der Waals surface area contributed by atoms with Crippen LogP contribution < -0.4 is 10.6 Å². The summed E-state index contributed by atoms with van der Waals surface area (Å²) in [5.41, 5.74) is 6.27. The van der Waals surface area contributed by atoms with Crippen LogP contribution in [0.3, 0.4) is 0 Å². The van der Waals surface area contributed by atoms with E-state index in [0.29, 0.717) is 35.5 Å². The van der Waals surface area contributed by atoms with Crippen molar-refractivity contribution in [1.82, 2.24) is 4.98 Å². The first kappa shape index (κ1) is 11.7. The Morgan fingerprint density at radius 2 is 2.38 bits per heavy atom. The monoisotopic (exact) mass is 303 g/mol. The average Bonchev–Trinajstić information content (AvgIpc) is 2.63. The van der Waals surface area contributed by atoms with Crippen LogP contribution in [0.15, 0.2) is 12.1 Å². The van der Waals surface area contributed by atoms with Crippen molar-refractivity contribution in [2.45, 2.75) is 6.42 Å². The Hall–Kier alpha value is -0.810. The molecule has 2 rings (SSSR count). The number of alkyl halides is 1. The molecule has 1 aromatic heterocycles. The zero-order valence-electron chi connectivity index (χ0n) is 8.49. The molecule has 0 radical (unpaired) electrons. The highest BCUT2D eigenvalue weighted by molar-refractivity contribution is 9.09. The predicted molar refractivity (Wildman–Crippen MR) is 67.9 cm³/mol. The number of pyridine rings is 1. The lowest BCUT2D eigenvalue weighted by atomic mass is 10.2. The molecule has 1 unspecified atom stereocenters. The molecule has 1 aliphatic heterocycles. The molecule has 1 saturated heterocycles. The van der Waals surface area contributed by atoms with Gasteiger partial charge in [-0.2, -0.15) is 0 Å². The van der Waals surface area contributed by atoms with Crippen LogP contribution in [0.2, 0.25) is 5.15 Å². The Morgan fingerprint density at radius 1 is 1.62 bits per heavy atom. The van der Waals surface area contributed by atoms with Gasteiger partial charge in [-0.1, -0.05) is 27.5 Å². The number of nitrogens with two attached hydrogens (primary N) is 1. The second-order valence-corrected chi connectivity index (χ2v) is 4.81. The fraction of sp³-hybridized carbons (Fsp3) is 0.400. The number of hydrogen-bond donors (Lipinski definition) is 1. The third kappa shape index (κ3) is 2.15. The minimum absolute atomic E-state index is 0.0471. The van der Waals surface area contributed by atoms with Crippen molar-refractivity contribution in [1.29, 1.82) is 0 Å². The molecule has 0 aromatic carbocycles. The van der Waals surface area contributed by atoms with Gasteiger partial charge in [-0.15, -0.1) is 0 Å². The summed E-state index contributed by atoms with van der Waals surface area (Å²) in [5.74, 6) is 0.833. The minimum atomic E-state index is 0.0471. The van der Waals surface area contributed by atoms with E-state index < -0.39 is 0 Å². The molecule has 2 heterocycles. The molecule has 1 aliphatic rings. The number of carbonyl (C=O) groups excluding carboxylic acids is 1. The van der Waals surface area contributed by atoms with Crippen LogP contribution in [0, 0.1) is 5.92 Å². The van der Waals surface area contributed by atoms with E-state index >= 15 is 0 Å². The fourth-order valence-corrected chi connectivity index (χ4v) is 2.32. The summed E-state index contributed by atoms with van der Waals surface area (Å²) in [6.45, 7) is 0.641. The summed E-state index contributed by atoms with van der Waals surface area (Å²) in [5, 5.41) is 1.15. The van der Waals surface area contributed by atoms with E-state index in [1.807, 2.05) is 0 Å². The number of nitrogen functional groups attached to an aromatic ring is 1. The SMILES string of the molecule is Nc1ccc(Cl)nc1N1CC(CBr)CC1=O. The number of nitrogens with zero attached hydrogens (tertiary/aromatic N) is 2. The topological polar surface area (TPSA) is 59.2 Å².